The van der Waals surface area contributed by atoms with Crippen molar-refractivity contribution in [3.63, 3.8) is 0 Å². The molecule has 1 heterocycles. The number of alkyl halides is 3. The number of nitrogens with zero attached hydrogens (tertiary/aromatic N) is 1. The van der Waals surface area contributed by atoms with Crippen LogP contribution in [0.25, 0.3) is 0 Å². The Bertz CT molecular complexity index is 927. The highest BCUT2D eigenvalue weighted by Crippen LogP contribution is 2.30. The molecule has 30 heavy (non-hydrogen) atoms. The average Bonchev–Trinajstić information content (AvgIpc) is 2.70. The number of rotatable bonds is 3. The van der Waals surface area contributed by atoms with Gasteiger partial charge in [-0.25, -0.2) is 4.79 Å². The second-order valence-electron chi connectivity index (χ2n) is 6.92. The molecular formula is C20H19ClF3N3O3. The van der Waals surface area contributed by atoms with Gasteiger partial charge < -0.3 is 20.6 Å². The van der Waals surface area contributed by atoms with Gasteiger partial charge in [0.1, 0.15) is 5.75 Å². The maximum absolute atomic E-state index is 12.6. The molecule has 160 valence electrons. The van der Waals surface area contributed by atoms with Gasteiger partial charge in [0.05, 0.1) is 11.3 Å². The fourth-order valence-electron chi connectivity index (χ4n) is 3.13. The summed E-state index contributed by atoms with van der Waals surface area (Å²) in [6, 6.07) is 8.07. The van der Waals surface area contributed by atoms with Gasteiger partial charge in [-0.05, 0) is 55.3 Å². The summed E-state index contributed by atoms with van der Waals surface area (Å²) in [5.74, 6) is -0.727. The molecule has 6 nitrogen and oxygen atoms in total. The maximum atomic E-state index is 12.6. The normalized spacial score (nSPS) is 15.0. The highest BCUT2D eigenvalue weighted by Gasteiger charge is 2.30. The number of phenolic OH excluding ortho intramolecular Hbond substituents is 1. The van der Waals surface area contributed by atoms with Crippen LogP contribution in [0.1, 0.15) is 18.4 Å². The van der Waals surface area contributed by atoms with E-state index in [1.54, 1.807) is 0 Å². The van der Waals surface area contributed by atoms with Crippen molar-refractivity contribution in [1.82, 2.24) is 4.90 Å². The van der Waals surface area contributed by atoms with E-state index in [2.05, 4.69) is 10.6 Å². The molecule has 1 fully saturated rings. The number of urea groups is 1. The number of benzene rings is 2. The predicted octanol–water partition coefficient (Wildman–Crippen LogP) is 4.95. The Morgan fingerprint density at radius 3 is 2.27 bits per heavy atom. The lowest BCUT2D eigenvalue weighted by Gasteiger charge is -2.31. The fourth-order valence-corrected chi connectivity index (χ4v) is 3.31. The minimum absolute atomic E-state index is 0.0962. The first-order valence-corrected chi connectivity index (χ1v) is 9.54. The zero-order valence-corrected chi connectivity index (χ0v) is 16.4. The van der Waals surface area contributed by atoms with Gasteiger partial charge >= 0.3 is 12.2 Å². The molecular weight excluding hydrogens is 423 g/mol. The van der Waals surface area contributed by atoms with Gasteiger partial charge in [0.25, 0.3) is 0 Å². The number of carbonyl (C=O) groups excluding carboxylic acids is 2. The van der Waals surface area contributed by atoms with Gasteiger partial charge in [0, 0.05) is 29.7 Å². The summed E-state index contributed by atoms with van der Waals surface area (Å²) in [5.41, 5.74) is -0.322. The number of amides is 3. The van der Waals surface area contributed by atoms with Crippen LogP contribution in [0.4, 0.5) is 29.3 Å². The summed E-state index contributed by atoms with van der Waals surface area (Å²) in [4.78, 5) is 26.3. The summed E-state index contributed by atoms with van der Waals surface area (Å²) in [5, 5.41) is 15.4. The Labute approximate surface area is 175 Å². The van der Waals surface area contributed by atoms with Crippen molar-refractivity contribution in [1.29, 1.82) is 0 Å². The van der Waals surface area contributed by atoms with Gasteiger partial charge in [-0.15, -0.1) is 0 Å². The number of nitrogens with one attached hydrogen (secondary N) is 2. The van der Waals surface area contributed by atoms with Crippen LogP contribution in [-0.2, 0) is 11.0 Å². The molecule has 0 saturated carbocycles. The number of hydrogen-bond donors (Lipinski definition) is 3. The molecule has 10 heteroatoms. The number of halogens is 4. The van der Waals surface area contributed by atoms with Gasteiger partial charge in [0.2, 0.25) is 5.91 Å². The number of hydrogen-bond acceptors (Lipinski definition) is 3. The highest BCUT2D eigenvalue weighted by molar-refractivity contribution is 6.31. The van der Waals surface area contributed by atoms with Crippen LogP contribution in [0.15, 0.2) is 42.5 Å². The number of anilines is 2. The summed E-state index contributed by atoms with van der Waals surface area (Å²) in [6.45, 7) is 0.623. The van der Waals surface area contributed by atoms with Crippen molar-refractivity contribution < 1.29 is 27.9 Å². The minimum Gasteiger partial charge on any atom is -0.506 e. The van der Waals surface area contributed by atoms with Gasteiger partial charge in [-0.2, -0.15) is 13.2 Å². The molecule has 0 spiro atoms. The van der Waals surface area contributed by atoms with Crippen LogP contribution in [0.2, 0.25) is 5.02 Å². The smallest absolute Gasteiger partial charge is 0.416 e. The van der Waals surface area contributed by atoms with E-state index in [-0.39, 0.29) is 28.9 Å². The second-order valence-corrected chi connectivity index (χ2v) is 7.35. The maximum Gasteiger partial charge on any atom is 0.416 e. The molecule has 2 aromatic carbocycles. The quantitative estimate of drug-likeness (QED) is 0.590. The molecule has 0 unspecified atom stereocenters. The van der Waals surface area contributed by atoms with E-state index in [9.17, 15) is 27.9 Å². The lowest BCUT2D eigenvalue weighted by Crippen LogP contribution is -2.43. The van der Waals surface area contributed by atoms with E-state index in [1.165, 1.54) is 35.2 Å². The molecule has 3 amide bonds. The van der Waals surface area contributed by atoms with Crippen LogP contribution in [0.3, 0.4) is 0 Å². The van der Waals surface area contributed by atoms with Crippen molar-refractivity contribution in [2.75, 3.05) is 23.7 Å². The number of aromatic hydroxyl groups is 1. The Hall–Kier alpha value is -2.94. The Morgan fingerprint density at radius 1 is 1.03 bits per heavy atom. The largest absolute Gasteiger partial charge is 0.506 e. The van der Waals surface area contributed by atoms with Crippen molar-refractivity contribution in [2.45, 2.75) is 19.0 Å². The van der Waals surface area contributed by atoms with Crippen LogP contribution >= 0.6 is 11.6 Å². The SMILES string of the molecule is O=C(Nc1cc(Cl)ccc1O)C1CCN(C(=O)Nc2ccc(C(F)(F)F)cc2)CC1. The summed E-state index contributed by atoms with van der Waals surface area (Å²) in [6.07, 6.45) is -3.62. The van der Waals surface area contributed by atoms with Gasteiger partial charge in [0.15, 0.2) is 0 Å². The zero-order chi connectivity index (χ0) is 21.9. The number of carbonyl (C=O) groups is 2. The molecule has 0 aliphatic carbocycles. The second kappa shape index (κ2) is 8.83. The lowest BCUT2D eigenvalue weighted by atomic mass is 9.96. The van der Waals surface area contributed by atoms with E-state index in [1.807, 2.05) is 0 Å². The van der Waals surface area contributed by atoms with Crippen LogP contribution < -0.4 is 10.6 Å². The number of piperidine rings is 1. The molecule has 0 bridgehead atoms. The van der Waals surface area contributed by atoms with E-state index >= 15 is 0 Å². The van der Waals surface area contributed by atoms with Crippen molar-refractivity contribution in [3.8, 4) is 5.75 Å². The minimum atomic E-state index is -4.44. The molecule has 3 rings (SSSR count). The van der Waals surface area contributed by atoms with E-state index in [4.69, 9.17) is 11.6 Å². The molecule has 2 aromatic rings. The lowest BCUT2D eigenvalue weighted by molar-refractivity contribution is -0.137. The van der Waals surface area contributed by atoms with E-state index in [0.29, 0.717) is 31.0 Å². The number of phenols is 1. The Morgan fingerprint density at radius 2 is 1.67 bits per heavy atom. The first-order valence-electron chi connectivity index (χ1n) is 9.16. The summed E-state index contributed by atoms with van der Waals surface area (Å²) >= 11 is 5.87. The Kier molecular flexibility index (Phi) is 6.40. The van der Waals surface area contributed by atoms with E-state index in [0.717, 1.165) is 12.1 Å². The third-order valence-corrected chi connectivity index (χ3v) is 5.07. The van der Waals surface area contributed by atoms with Crippen LogP contribution in [0.5, 0.6) is 5.75 Å². The molecule has 0 aromatic heterocycles. The monoisotopic (exact) mass is 441 g/mol. The topological polar surface area (TPSA) is 81.7 Å². The standard InChI is InChI=1S/C20H19ClF3N3O3/c21-14-3-6-17(28)16(11-14)26-18(29)12-7-9-27(10-8-12)19(30)25-15-4-1-13(2-5-15)20(22,23)24/h1-6,11-12,28H,7-10H2,(H,25,30)(H,26,29). The third-order valence-electron chi connectivity index (χ3n) is 4.83. The molecule has 1 aliphatic heterocycles. The highest BCUT2D eigenvalue weighted by atomic mass is 35.5. The van der Waals surface area contributed by atoms with Gasteiger partial charge in [-0.3, -0.25) is 4.79 Å². The molecule has 3 N–H and O–H groups in total. The fraction of sp³-hybridized carbons (Fsp3) is 0.300. The number of likely N-dealkylation sites (tertiary alicyclic amines) is 1. The molecule has 1 saturated heterocycles. The van der Waals surface area contributed by atoms with Gasteiger partial charge in [-0.1, -0.05) is 11.6 Å². The molecule has 1 aliphatic rings. The third kappa shape index (κ3) is 5.35. The zero-order valence-electron chi connectivity index (χ0n) is 15.7. The van der Waals surface area contributed by atoms with Crippen molar-refractivity contribution >= 4 is 34.9 Å². The average molecular weight is 442 g/mol. The van der Waals surface area contributed by atoms with Crippen molar-refractivity contribution in [3.05, 3.63) is 53.1 Å². The summed E-state index contributed by atoms with van der Waals surface area (Å²) < 4.78 is 37.8. The summed E-state index contributed by atoms with van der Waals surface area (Å²) in [7, 11) is 0. The first kappa shape index (κ1) is 21.8. The molecule has 0 radical (unpaired) electrons. The van der Waals surface area contributed by atoms with Crippen LogP contribution in [0, 0.1) is 5.92 Å². The van der Waals surface area contributed by atoms with Crippen molar-refractivity contribution in [2.24, 2.45) is 5.92 Å². The molecule has 0 atom stereocenters. The predicted molar refractivity (Wildman–Crippen MR) is 107 cm³/mol. The van der Waals surface area contributed by atoms with E-state index < -0.39 is 17.8 Å². The van der Waals surface area contributed by atoms with Crippen LogP contribution in [-0.4, -0.2) is 35.0 Å². The first-order chi connectivity index (χ1) is 14.1. The Balaban J connectivity index is 1.51.